The quantitative estimate of drug-likeness (QED) is 0.635. The summed E-state index contributed by atoms with van der Waals surface area (Å²) in [6.07, 6.45) is 0. The van der Waals surface area contributed by atoms with Crippen LogP contribution in [0.15, 0.2) is 33.2 Å². The van der Waals surface area contributed by atoms with Crippen molar-refractivity contribution >= 4 is 72.1 Å². The molecule has 0 aliphatic rings. The fourth-order valence-corrected chi connectivity index (χ4v) is 3.87. The van der Waals surface area contributed by atoms with Gasteiger partial charge >= 0.3 is 0 Å². The minimum atomic E-state index is 0.0156. The summed E-state index contributed by atoms with van der Waals surface area (Å²) in [7, 11) is 0. The molecule has 0 radical (unpaired) electrons. The van der Waals surface area contributed by atoms with E-state index in [1.54, 1.807) is 0 Å². The van der Waals surface area contributed by atoms with E-state index in [0.717, 1.165) is 23.8 Å². The minimum absolute atomic E-state index is 0.0156. The predicted octanol–water partition coefficient (Wildman–Crippen LogP) is 5.69. The number of thiophene rings is 1. The zero-order chi connectivity index (χ0) is 14.0. The van der Waals surface area contributed by atoms with E-state index < -0.39 is 0 Å². The lowest BCUT2D eigenvalue weighted by Gasteiger charge is -2.17. The van der Waals surface area contributed by atoms with Gasteiger partial charge in [0.15, 0.2) is 0 Å². The summed E-state index contributed by atoms with van der Waals surface area (Å²) in [6, 6.07) is 7.68. The molecule has 2 aromatic rings. The summed E-state index contributed by atoms with van der Waals surface area (Å²) in [5, 5.41) is 4.05. The molecule has 0 amide bonds. The largest absolute Gasteiger partial charge is 0.376 e. The van der Waals surface area contributed by atoms with Crippen LogP contribution in [0.2, 0.25) is 9.36 Å². The van der Waals surface area contributed by atoms with Crippen LogP contribution in [-0.4, -0.2) is 6.54 Å². The molecule has 7 heteroatoms. The summed E-state index contributed by atoms with van der Waals surface area (Å²) < 4.78 is 2.47. The molecule has 19 heavy (non-hydrogen) atoms. The third kappa shape index (κ3) is 3.86. The molecule has 1 heterocycles. The smallest absolute Gasteiger partial charge is 0.107 e. The van der Waals surface area contributed by atoms with Crippen molar-refractivity contribution in [2.24, 2.45) is 5.73 Å². The maximum absolute atomic E-state index is 6.06. The van der Waals surface area contributed by atoms with Crippen LogP contribution in [-0.2, 0) is 0 Å². The highest BCUT2D eigenvalue weighted by Crippen LogP contribution is 2.36. The number of nitrogens with one attached hydrogen (secondary N) is 1. The van der Waals surface area contributed by atoms with Gasteiger partial charge in [0.05, 0.1) is 11.1 Å². The lowest BCUT2D eigenvalue weighted by Crippen LogP contribution is -2.19. The molecule has 0 aliphatic heterocycles. The lowest BCUT2D eigenvalue weighted by atomic mass is 10.2. The van der Waals surface area contributed by atoms with Crippen LogP contribution in [0.4, 0.5) is 5.69 Å². The minimum Gasteiger partial charge on any atom is -0.376 e. The van der Waals surface area contributed by atoms with Crippen LogP contribution < -0.4 is 11.1 Å². The van der Waals surface area contributed by atoms with Crippen LogP contribution in [0.5, 0.6) is 0 Å². The first-order valence-electron chi connectivity index (χ1n) is 5.37. The number of rotatable bonds is 4. The molecular weight excluding hydrogens is 435 g/mol. The number of hydrogen-bond donors (Lipinski definition) is 2. The average Bonchev–Trinajstić information content (AvgIpc) is 2.71. The van der Waals surface area contributed by atoms with E-state index in [1.165, 1.54) is 11.3 Å². The van der Waals surface area contributed by atoms with E-state index in [2.05, 4.69) is 37.2 Å². The van der Waals surface area contributed by atoms with Crippen molar-refractivity contribution in [3.63, 3.8) is 0 Å². The first-order chi connectivity index (χ1) is 9.01. The summed E-state index contributed by atoms with van der Waals surface area (Å²) in [6.45, 7) is 0.476. The maximum atomic E-state index is 6.06. The van der Waals surface area contributed by atoms with Crippen molar-refractivity contribution in [1.29, 1.82) is 0 Å². The summed E-state index contributed by atoms with van der Waals surface area (Å²) in [4.78, 5) is 1.09. The first-order valence-corrected chi connectivity index (χ1v) is 8.53. The molecule has 0 fully saturated rings. The number of hydrogen-bond acceptors (Lipinski definition) is 3. The van der Waals surface area contributed by atoms with Crippen LogP contribution in [0.1, 0.15) is 10.9 Å². The fourth-order valence-electron chi connectivity index (χ4n) is 1.57. The molecule has 2 rings (SSSR count). The van der Waals surface area contributed by atoms with E-state index in [9.17, 15) is 0 Å². The van der Waals surface area contributed by atoms with Gasteiger partial charge < -0.3 is 11.1 Å². The Morgan fingerprint density at radius 3 is 2.47 bits per heavy atom. The average molecular weight is 445 g/mol. The van der Waals surface area contributed by atoms with Crippen molar-refractivity contribution in [1.82, 2.24) is 0 Å². The van der Waals surface area contributed by atoms with E-state index in [4.69, 9.17) is 28.9 Å². The highest BCUT2D eigenvalue weighted by Gasteiger charge is 2.15. The molecule has 102 valence electrons. The van der Waals surface area contributed by atoms with Gasteiger partial charge in [-0.3, -0.25) is 0 Å². The van der Waals surface area contributed by atoms with Crippen LogP contribution in [0, 0.1) is 0 Å². The number of anilines is 1. The van der Waals surface area contributed by atoms with E-state index in [-0.39, 0.29) is 6.04 Å². The third-order valence-corrected chi connectivity index (χ3v) is 6.31. The second-order valence-electron chi connectivity index (χ2n) is 3.83. The second kappa shape index (κ2) is 6.78. The number of halogens is 4. The Morgan fingerprint density at radius 1 is 1.21 bits per heavy atom. The van der Waals surface area contributed by atoms with Crippen LogP contribution in [0.25, 0.3) is 0 Å². The van der Waals surface area contributed by atoms with Gasteiger partial charge in [0, 0.05) is 26.1 Å². The highest BCUT2D eigenvalue weighted by molar-refractivity contribution is 9.11. The molecule has 0 bridgehead atoms. The monoisotopic (exact) mass is 442 g/mol. The molecule has 1 atom stereocenters. The van der Waals surface area contributed by atoms with Gasteiger partial charge in [0.1, 0.15) is 4.34 Å². The topological polar surface area (TPSA) is 38.0 Å². The molecule has 0 saturated heterocycles. The van der Waals surface area contributed by atoms with Crippen molar-refractivity contribution in [2.45, 2.75) is 6.04 Å². The highest BCUT2D eigenvalue weighted by atomic mass is 79.9. The lowest BCUT2D eigenvalue weighted by molar-refractivity contribution is 0.805. The Morgan fingerprint density at radius 2 is 1.95 bits per heavy atom. The molecule has 3 N–H and O–H groups in total. The van der Waals surface area contributed by atoms with Crippen molar-refractivity contribution < 1.29 is 0 Å². The Balaban J connectivity index is 2.21. The Hall–Kier alpha value is 0.220. The van der Waals surface area contributed by atoms with Gasteiger partial charge in [-0.2, -0.15) is 0 Å². The Kier molecular flexibility index (Phi) is 5.57. The van der Waals surface area contributed by atoms with Crippen LogP contribution >= 0.6 is 66.4 Å². The van der Waals surface area contributed by atoms with Crippen molar-refractivity contribution in [2.75, 3.05) is 11.9 Å². The first kappa shape index (κ1) is 15.6. The summed E-state index contributed by atoms with van der Waals surface area (Å²) >= 11 is 20.3. The predicted molar refractivity (Wildman–Crippen MR) is 91.6 cm³/mol. The normalized spacial score (nSPS) is 12.5. The van der Waals surface area contributed by atoms with E-state index in [1.807, 2.05) is 24.3 Å². The third-order valence-electron chi connectivity index (χ3n) is 2.50. The van der Waals surface area contributed by atoms with Gasteiger partial charge in [0.2, 0.25) is 0 Å². The SMILES string of the molecule is NCC(Nc1ccc(Cl)c(Br)c1)c1cc(Br)c(Cl)s1. The van der Waals surface area contributed by atoms with Crippen LogP contribution in [0.3, 0.4) is 0 Å². The number of benzene rings is 1. The molecule has 0 aliphatic carbocycles. The Labute approximate surface area is 142 Å². The molecule has 0 saturated carbocycles. The van der Waals surface area contributed by atoms with Gasteiger partial charge in [0.25, 0.3) is 0 Å². The van der Waals surface area contributed by atoms with Gasteiger partial charge in [-0.1, -0.05) is 23.2 Å². The molecule has 1 aromatic heterocycles. The second-order valence-corrected chi connectivity index (χ2v) is 7.63. The van der Waals surface area contributed by atoms with E-state index >= 15 is 0 Å². The summed E-state index contributed by atoms with van der Waals surface area (Å²) in [5.41, 5.74) is 6.78. The maximum Gasteiger partial charge on any atom is 0.107 e. The molecule has 1 aromatic carbocycles. The van der Waals surface area contributed by atoms with E-state index in [0.29, 0.717) is 11.6 Å². The standard InChI is InChI=1S/C12H10Br2Cl2N2S/c13-7-3-6(1-2-9(7)15)18-10(5-17)11-4-8(14)12(16)19-11/h1-4,10,18H,5,17H2. The van der Waals surface area contributed by atoms with Gasteiger partial charge in [-0.25, -0.2) is 0 Å². The Bertz CT molecular complexity index is 570. The molecular formula is C12H10Br2Cl2N2S. The zero-order valence-corrected chi connectivity index (χ0v) is 15.1. The van der Waals surface area contributed by atoms with Crippen molar-refractivity contribution in [3.05, 3.63) is 47.4 Å². The number of nitrogens with two attached hydrogens (primary N) is 1. The van der Waals surface area contributed by atoms with Gasteiger partial charge in [-0.05, 0) is 56.1 Å². The molecule has 0 spiro atoms. The van der Waals surface area contributed by atoms with Crippen molar-refractivity contribution in [3.8, 4) is 0 Å². The zero-order valence-electron chi connectivity index (χ0n) is 9.59. The summed E-state index contributed by atoms with van der Waals surface area (Å²) in [5.74, 6) is 0. The fraction of sp³-hybridized carbons (Fsp3) is 0.167. The molecule has 1 unspecified atom stereocenters. The van der Waals surface area contributed by atoms with Gasteiger partial charge in [-0.15, -0.1) is 11.3 Å². The molecule has 2 nitrogen and oxygen atoms in total.